The van der Waals surface area contributed by atoms with E-state index in [4.69, 9.17) is 16.6 Å². The average molecular weight is 463 g/mol. The Bertz CT molecular complexity index is 1120. The van der Waals surface area contributed by atoms with Crippen LogP contribution in [0.5, 0.6) is 5.75 Å². The van der Waals surface area contributed by atoms with E-state index in [1.165, 1.54) is 12.1 Å². The lowest BCUT2D eigenvalue weighted by atomic mass is 9.99. The van der Waals surface area contributed by atoms with E-state index < -0.39 is 6.36 Å². The number of alkyl halides is 3. The van der Waals surface area contributed by atoms with Gasteiger partial charge < -0.3 is 15.0 Å². The fraction of sp³-hybridized carbons (Fsp3) is 0.304. The number of ether oxygens (including phenoxy) is 1. The highest BCUT2D eigenvalue weighted by Gasteiger charge is 2.31. The first-order valence-electron chi connectivity index (χ1n) is 10.2. The van der Waals surface area contributed by atoms with Crippen LogP contribution in [0.15, 0.2) is 48.5 Å². The number of hydrogen-bond donors (Lipinski definition) is 1. The van der Waals surface area contributed by atoms with Crippen molar-refractivity contribution < 1.29 is 17.9 Å². The number of fused-ring (bicyclic) bond motifs is 1. The Balaban J connectivity index is 1.62. The van der Waals surface area contributed by atoms with E-state index in [2.05, 4.69) is 15.0 Å². The summed E-state index contributed by atoms with van der Waals surface area (Å²) in [4.78, 5) is 11.4. The SMILES string of the molecule is CC(C)c1nc(Nc2cccc(Cl)c2)cc(N2CCc3ccc(OC(F)(F)F)cc3C2)n1. The number of rotatable bonds is 5. The Hall–Kier alpha value is -3.00. The summed E-state index contributed by atoms with van der Waals surface area (Å²) in [5.74, 6) is 1.89. The Kier molecular flexibility index (Phi) is 6.15. The molecule has 0 fully saturated rings. The van der Waals surface area contributed by atoms with Gasteiger partial charge in [-0.1, -0.05) is 37.6 Å². The molecule has 2 heterocycles. The van der Waals surface area contributed by atoms with Crippen LogP contribution in [0.1, 0.15) is 36.7 Å². The average Bonchev–Trinajstić information content (AvgIpc) is 2.72. The molecule has 0 unspecified atom stereocenters. The number of aromatic nitrogens is 2. The molecule has 1 N–H and O–H groups in total. The van der Waals surface area contributed by atoms with Crippen molar-refractivity contribution in [1.82, 2.24) is 9.97 Å². The smallest absolute Gasteiger partial charge is 0.406 e. The lowest BCUT2D eigenvalue weighted by molar-refractivity contribution is -0.274. The van der Waals surface area contributed by atoms with E-state index in [0.29, 0.717) is 42.0 Å². The van der Waals surface area contributed by atoms with E-state index in [0.717, 1.165) is 16.8 Å². The van der Waals surface area contributed by atoms with Gasteiger partial charge in [0.2, 0.25) is 0 Å². The lowest BCUT2D eigenvalue weighted by Gasteiger charge is -2.30. The summed E-state index contributed by atoms with van der Waals surface area (Å²) < 4.78 is 41.9. The van der Waals surface area contributed by atoms with Gasteiger partial charge in [0.25, 0.3) is 0 Å². The molecule has 168 valence electrons. The van der Waals surface area contributed by atoms with Crippen LogP contribution in [0.4, 0.5) is 30.5 Å². The largest absolute Gasteiger partial charge is 0.573 e. The summed E-state index contributed by atoms with van der Waals surface area (Å²) in [7, 11) is 0. The molecule has 3 aromatic rings. The van der Waals surface area contributed by atoms with Crippen molar-refractivity contribution >= 4 is 28.9 Å². The Morgan fingerprint density at radius 2 is 1.88 bits per heavy atom. The molecule has 0 bridgehead atoms. The van der Waals surface area contributed by atoms with Crippen LogP contribution in [0, 0.1) is 0 Å². The zero-order chi connectivity index (χ0) is 22.9. The van der Waals surface area contributed by atoms with Gasteiger partial charge in [0.05, 0.1) is 0 Å². The highest BCUT2D eigenvalue weighted by atomic mass is 35.5. The Labute approximate surface area is 189 Å². The van der Waals surface area contributed by atoms with Crippen molar-refractivity contribution in [2.75, 3.05) is 16.8 Å². The summed E-state index contributed by atoms with van der Waals surface area (Å²) in [5, 5.41) is 3.88. The van der Waals surface area contributed by atoms with Crippen LogP contribution in [0.25, 0.3) is 0 Å². The fourth-order valence-electron chi connectivity index (χ4n) is 3.58. The molecule has 0 saturated carbocycles. The second-order valence-corrected chi connectivity index (χ2v) is 8.35. The zero-order valence-electron chi connectivity index (χ0n) is 17.6. The first-order valence-corrected chi connectivity index (χ1v) is 10.6. The molecule has 9 heteroatoms. The van der Waals surface area contributed by atoms with Crippen LogP contribution in [-0.2, 0) is 13.0 Å². The number of benzene rings is 2. The number of hydrogen-bond acceptors (Lipinski definition) is 5. The zero-order valence-corrected chi connectivity index (χ0v) is 18.3. The minimum atomic E-state index is -4.72. The highest BCUT2D eigenvalue weighted by molar-refractivity contribution is 6.30. The van der Waals surface area contributed by atoms with Gasteiger partial charge in [-0.15, -0.1) is 13.2 Å². The number of nitrogens with one attached hydrogen (secondary N) is 1. The first kappa shape index (κ1) is 22.2. The molecule has 32 heavy (non-hydrogen) atoms. The van der Waals surface area contributed by atoms with Crippen molar-refractivity contribution in [2.24, 2.45) is 0 Å². The van der Waals surface area contributed by atoms with Crippen molar-refractivity contribution in [2.45, 2.75) is 39.1 Å². The molecule has 2 aromatic carbocycles. The van der Waals surface area contributed by atoms with Crippen LogP contribution in [0.2, 0.25) is 5.02 Å². The molecule has 0 saturated heterocycles. The fourth-order valence-corrected chi connectivity index (χ4v) is 3.77. The predicted molar refractivity (Wildman–Crippen MR) is 119 cm³/mol. The molecule has 0 aliphatic carbocycles. The van der Waals surface area contributed by atoms with Gasteiger partial charge in [-0.3, -0.25) is 0 Å². The molecule has 1 aliphatic rings. The van der Waals surface area contributed by atoms with Gasteiger partial charge in [-0.25, -0.2) is 9.97 Å². The molecule has 0 amide bonds. The minimum Gasteiger partial charge on any atom is -0.406 e. The van der Waals surface area contributed by atoms with Crippen molar-refractivity contribution in [3.63, 3.8) is 0 Å². The third-order valence-electron chi connectivity index (χ3n) is 5.09. The molecule has 0 spiro atoms. The van der Waals surface area contributed by atoms with Gasteiger partial charge >= 0.3 is 6.36 Å². The van der Waals surface area contributed by atoms with Crippen molar-refractivity contribution in [3.05, 3.63) is 70.5 Å². The second kappa shape index (κ2) is 8.86. The predicted octanol–water partition coefficient (Wildman–Crippen LogP) is 6.46. The molecular weight excluding hydrogens is 441 g/mol. The topological polar surface area (TPSA) is 50.3 Å². The molecule has 4 rings (SSSR count). The van der Waals surface area contributed by atoms with Crippen LogP contribution in [0.3, 0.4) is 0 Å². The van der Waals surface area contributed by atoms with Crippen molar-refractivity contribution in [3.8, 4) is 5.75 Å². The Morgan fingerprint density at radius 3 is 2.59 bits per heavy atom. The number of nitrogens with zero attached hydrogens (tertiary/aromatic N) is 3. The third-order valence-corrected chi connectivity index (χ3v) is 5.33. The summed E-state index contributed by atoms with van der Waals surface area (Å²) >= 11 is 6.08. The minimum absolute atomic E-state index is 0.0960. The van der Waals surface area contributed by atoms with E-state index in [1.54, 1.807) is 18.2 Å². The van der Waals surface area contributed by atoms with E-state index in [1.807, 2.05) is 36.9 Å². The van der Waals surface area contributed by atoms with E-state index in [9.17, 15) is 13.2 Å². The summed E-state index contributed by atoms with van der Waals surface area (Å²) in [6.07, 6.45) is -4.03. The summed E-state index contributed by atoms with van der Waals surface area (Å²) in [6, 6.07) is 13.7. The quantitative estimate of drug-likeness (QED) is 0.471. The van der Waals surface area contributed by atoms with Crippen LogP contribution >= 0.6 is 11.6 Å². The third kappa shape index (κ3) is 5.43. The Morgan fingerprint density at radius 1 is 1.06 bits per heavy atom. The summed E-state index contributed by atoms with van der Waals surface area (Å²) in [6.45, 7) is 5.14. The van der Waals surface area contributed by atoms with Crippen LogP contribution < -0.4 is 15.0 Å². The molecular formula is C23H22ClF3N4O. The number of anilines is 3. The molecule has 1 aliphatic heterocycles. The normalized spacial score (nSPS) is 13.8. The second-order valence-electron chi connectivity index (χ2n) is 7.91. The first-order chi connectivity index (χ1) is 15.2. The maximum Gasteiger partial charge on any atom is 0.573 e. The van der Waals surface area contributed by atoms with Gasteiger partial charge in [-0.2, -0.15) is 0 Å². The molecule has 1 aromatic heterocycles. The highest BCUT2D eigenvalue weighted by Crippen LogP contribution is 2.31. The van der Waals surface area contributed by atoms with E-state index in [-0.39, 0.29) is 11.7 Å². The van der Waals surface area contributed by atoms with Gasteiger partial charge in [-0.05, 0) is 47.9 Å². The number of halogens is 4. The van der Waals surface area contributed by atoms with Crippen LogP contribution in [-0.4, -0.2) is 22.9 Å². The monoisotopic (exact) mass is 462 g/mol. The standard InChI is InChI=1S/C23H22ClF3N4O/c1-14(2)22-29-20(28-18-5-3-4-17(24)11-18)12-21(30-22)31-9-8-15-6-7-19(10-16(15)13-31)32-23(25,26)27/h3-7,10-12,14H,8-9,13H2,1-2H3,(H,28,29,30). The summed E-state index contributed by atoms with van der Waals surface area (Å²) in [5.41, 5.74) is 2.59. The maximum absolute atomic E-state index is 12.6. The van der Waals surface area contributed by atoms with Gasteiger partial charge in [0, 0.05) is 35.8 Å². The molecule has 5 nitrogen and oxygen atoms in total. The molecule has 0 radical (unpaired) electrons. The van der Waals surface area contributed by atoms with Gasteiger partial charge in [0.1, 0.15) is 23.2 Å². The lowest BCUT2D eigenvalue weighted by Crippen LogP contribution is -2.31. The van der Waals surface area contributed by atoms with Gasteiger partial charge in [0.15, 0.2) is 0 Å². The maximum atomic E-state index is 12.6. The molecule has 0 atom stereocenters. The van der Waals surface area contributed by atoms with Crippen molar-refractivity contribution in [1.29, 1.82) is 0 Å². The van der Waals surface area contributed by atoms with E-state index >= 15 is 0 Å².